The first-order valence-corrected chi connectivity index (χ1v) is 5.56. The first kappa shape index (κ1) is 12.3. The van der Waals surface area contributed by atoms with Crippen molar-refractivity contribution >= 4 is 5.91 Å². The predicted octanol–water partition coefficient (Wildman–Crippen LogP) is -0.267. The standard InChI is InChI=1S/C11H16N6O/c1-7-9(5-13-2)11(16(3)15-7)17-6-8(4-14-17)10(12)18/h4,6,13H,5H2,1-3H3,(H2,12,18). The van der Waals surface area contributed by atoms with E-state index in [1.807, 2.05) is 21.0 Å². The minimum Gasteiger partial charge on any atom is -0.366 e. The van der Waals surface area contributed by atoms with E-state index in [1.165, 1.54) is 6.20 Å². The van der Waals surface area contributed by atoms with E-state index in [1.54, 1.807) is 15.6 Å². The van der Waals surface area contributed by atoms with Crippen LogP contribution in [0.3, 0.4) is 0 Å². The highest BCUT2D eigenvalue weighted by Gasteiger charge is 2.16. The highest BCUT2D eigenvalue weighted by atomic mass is 16.1. The summed E-state index contributed by atoms with van der Waals surface area (Å²) in [5, 5.41) is 11.6. The molecule has 0 saturated carbocycles. The zero-order valence-corrected chi connectivity index (χ0v) is 10.6. The molecule has 0 aromatic carbocycles. The Bertz CT molecular complexity index is 582. The molecule has 0 radical (unpaired) electrons. The summed E-state index contributed by atoms with van der Waals surface area (Å²) in [6, 6.07) is 0. The Morgan fingerprint density at radius 2 is 2.28 bits per heavy atom. The third-order valence-corrected chi connectivity index (χ3v) is 2.75. The lowest BCUT2D eigenvalue weighted by Gasteiger charge is -2.05. The number of amides is 1. The van der Waals surface area contributed by atoms with Crippen LogP contribution in [0.2, 0.25) is 0 Å². The first-order valence-electron chi connectivity index (χ1n) is 5.56. The van der Waals surface area contributed by atoms with Crippen molar-refractivity contribution in [3.63, 3.8) is 0 Å². The first-order chi connectivity index (χ1) is 8.54. The van der Waals surface area contributed by atoms with Gasteiger partial charge in [0.05, 0.1) is 17.5 Å². The number of nitrogens with one attached hydrogen (secondary N) is 1. The lowest BCUT2D eigenvalue weighted by molar-refractivity contribution is 0.100. The molecule has 96 valence electrons. The lowest BCUT2D eigenvalue weighted by Crippen LogP contribution is -2.12. The maximum atomic E-state index is 11.1. The number of primary amides is 1. The van der Waals surface area contributed by atoms with E-state index in [-0.39, 0.29) is 0 Å². The second-order valence-electron chi connectivity index (χ2n) is 4.08. The summed E-state index contributed by atoms with van der Waals surface area (Å²) >= 11 is 0. The molecule has 1 amide bonds. The van der Waals surface area contributed by atoms with E-state index in [9.17, 15) is 4.79 Å². The van der Waals surface area contributed by atoms with Crippen molar-refractivity contribution < 1.29 is 4.79 Å². The summed E-state index contributed by atoms with van der Waals surface area (Å²) in [5.74, 6) is 0.338. The Morgan fingerprint density at radius 3 is 2.83 bits per heavy atom. The summed E-state index contributed by atoms with van der Waals surface area (Å²) in [6.45, 7) is 2.62. The molecule has 0 aliphatic rings. The smallest absolute Gasteiger partial charge is 0.251 e. The molecular formula is C11H16N6O. The van der Waals surface area contributed by atoms with Crippen LogP contribution in [0.5, 0.6) is 0 Å². The molecule has 18 heavy (non-hydrogen) atoms. The van der Waals surface area contributed by atoms with E-state index in [0.717, 1.165) is 17.1 Å². The van der Waals surface area contributed by atoms with Gasteiger partial charge in [0.2, 0.25) is 0 Å². The number of aromatic nitrogens is 4. The van der Waals surface area contributed by atoms with Gasteiger partial charge in [0.15, 0.2) is 5.82 Å². The Balaban J connectivity index is 2.51. The fourth-order valence-corrected chi connectivity index (χ4v) is 1.93. The summed E-state index contributed by atoms with van der Waals surface area (Å²) in [5.41, 5.74) is 7.57. The van der Waals surface area contributed by atoms with Gasteiger partial charge in [-0.1, -0.05) is 0 Å². The minimum absolute atomic E-state index is 0.379. The second kappa shape index (κ2) is 4.61. The quantitative estimate of drug-likeness (QED) is 0.779. The molecule has 7 heteroatoms. The number of nitrogens with zero attached hydrogens (tertiary/aromatic N) is 4. The van der Waals surface area contributed by atoms with Gasteiger partial charge in [0, 0.05) is 25.4 Å². The van der Waals surface area contributed by atoms with Crippen LogP contribution in [0.4, 0.5) is 0 Å². The Hall–Kier alpha value is -2.15. The van der Waals surface area contributed by atoms with Gasteiger partial charge in [-0.2, -0.15) is 10.2 Å². The highest BCUT2D eigenvalue weighted by Crippen LogP contribution is 2.17. The molecule has 7 nitrogen and oxygen atoms in total. The average Bonchev–Trinajstić information content (AvgIpc) is 2.86. The molecule has 0 bridgehead atoms. The number of hydrogen-bond donors (Lipinski definition) is 2. The predicted molar refractivity (Wildman–Crippen MR) is 66.3 cm³/mol. The maximum Gasteiger partial charge on any atom is 0.251 e. The molecule has 3 N–H and O–H groups in total. The fraction of sp³-hybridized carbons (Fsp3) is 0.364. The van der Waals surface area contributed by atoms with Crippen LogP contribution >= 0.6 is 0 Å². The number of aryl methyl sites for hydroxylation is 2. The topological polar surface area (TPSA) is 90.8 Å². The summed E-state index contributed by atoms with van der Waals surface area (Å²) in [6.07, 6.45) is 3.06. The Morgan fingerprint density at radius 1 is 1.56 bits per heavy atom. The third-order valence-electron chi connectivity index (χ3n) is 2.75. The molecule has 0 unspecified atom stereocenters. The van der Waals surface area contributed by atoms with Crippen molar-refractivity contribution in [2.45, 2.75) is 13.5 Å². The third kappa shape index (κ3) is 2.00. The molecule has 2 rings (SSSR count). The number of carbonyl (C=O) groups is 1. The normalized spacial score (nSPS) is 10.8. The van der Waals surface area contributed by atoms with Crippen LogP contribution < -0.4 is 11.1 Å². The van der Waals surface area contributed by atoms with Crippen molar-refractivity contribution in [1.82, 2.24) is 24.9 Å². The molecule has 0 aliphatic heterocycles. The molecular weight excluding hydrogens is 232 g/mol. The van der Waals surface area contributed by atoms with Gasteiger partial charge < -0.3 is 11.1 Å². The van der Waals surface area contributed by atoms with Crippen molar-refractivity contribution in [2.24, 2.45) is 12.8 Å². The van der Waals surface area contributed by atoms with E-state index in [0.29, 0.717) is 12.1 Å². The monoisotopic (exact) mass is 248 g/mol. The number of hydrogen-bond acceptors (Lipinski definition) is 4. The van der Waals surface area contributed by atoms with Gasteiger partial charge in [-0.05, 0) is 14.0 Å². The number of carbonyl (C=O) groups excluding carboxylic acids is 1. The molecule has 0 fully saturated rings. The van der Waals surface area contributed by atoms with Gasteiger partial charge in [0.25, 0.3) is 5.91 Å². The van der Waals surface area contributed by atoms with Crippen molar-refractivity contribution in [3.05, 3.63) is 29.2 Å². The summed E-state index contributed by atoms with van der Waals surface area (Å²) < 4.78 is 3.35. The molecule has 0 spiro atoms. The fourth-order valence-electron chi connectivity index (χ4n) is 1.93. The maximum absolute atomic E-state index is 11.1. The highest BCUT2D eigenvalue weighted by molar-refractivity contribution is 5.92. The van der Waals surface area contributed by atoms with Crippen molar-refractivity contribution in [2.75, 3.05) is 7.05 Å². The minimum atomic E-state index is -0.490. The second-order valence-corrected chi connectivity index (χ2v) is 4.08. The number of rotatable bonds is 4. The largest absolute Gasteiger partial charge is 0.366 e. The zero-order chi connectivity index (χ0) is 13.3. The van der Waals surface area contributed by atoms with Gasteiger partial charge in [-0.25, -0.2) is 4.68 Å². The molecule has 0 aliphatic carbocycles. The Kier molecular flexibility index (Phi) is 3.15. The lowest BCUT2D eigenvalue weighted by atomic mass is 10.2. The van der Waals surface area contributed by atoms with Crippen LogP contribution in [-0.4, -0.2) is 32.5 Å². The molecule has 2 aromatic rings. The Labute approximate surface area is 105 Å². The van der Waals surface area contributed by atoms with Crippen molar-refractivity contribution in [1.29, 1.82) is 0 Å². The van der Waals surface area contributed by atoms with E-state index < -0.39 is 5.91 Å². The summed E-state index contributed by atoms with van der Waals surface area (Å²) in [7, 11) is 3.71. The number of nitrogens with two attached hydrogens (primary N) is 1. The van der Waals surface area contributed by atoms with E-state index in [4.69, 9.17) is 5.73 Å². The van der Waals surface area contributed by atoms with E-state index in [2.05, 4.69) is 15.5 Å². The van der Waals surface area contributed by atoms with Gasteiger partial charge in [-0.3, -0.25) is 9.48 Å². The SMILES string of the molecule is CNCc1c(C)nn(C)c1-n1cc(C(N)=O)cn1. The molecule has 0 atom stereocenters. The van der Waals surface area contributed by atoms with Gasteiger partial charge in [0.1, 0.15) is 0 Å². The van der Waals surface area contributed by atoms with Gasteiger partial charge in [-0.15, -0.1) is 0 Å². The van der Waals surface area contributed by atoms with Crippen LogP contribution in [0.25, 0.3) is 5.82 Å². The van der Waals surface area contributed by atoms with Crippen molar-refractivity contribution in [3.8, 4) is 5.82 Å². The molecule has 2 aromatic heterocycles. The zero-order valence-electron chi connectivity index (χ0n) is 10.6. The average molecular weight is 248 g/mol. The van der Waals surface area contributed by atoms with Crippen LogP contribution in [-0.2, 0) is 13.6 Å². The van der Waals surface area contributed by atoms with Crippen LogP contribution in [0, 0.1) is 6.92 Å². The van der Waals surface area contributed by atoms with E-state index >= 15 is 0 Å². The van der Waals surface area contributed by atoms with Crippen LogP contribution in [0.15, 0.2) is 12.4 Å². The molecule has 2 heterocycles. The van der Waals surface area contributed by atoms with Gasteiger partial charge >= 0.3 is 0 Å². The summed E-state index contributed by atoms with van der Waals surface area (Å²) in [4.78, 5) is 11.1. The molecule has 0 saturated heterocycles. The van der Waals surface area contributed by atoms with Crippen LogP contribution in [0.1, 0.15) is 21.6 Å².